The van der Waals surface area contributed by atoms with Crippen molar-refractivity contribution < 1.29 is 28.6 Å². The van der Waals surface area contributed by atoms with Crippen LogP contribution in [0.15, 0.2) is 30.9 Å². The van der Waals surface area contributed by atoms with E-state index in [1.165, 1.54) is 25.3 Å². The van der Waals surface area contributed by atoms with Crippen LogP contribution < -0.4 is 10.1 Å². The fraction of sp³-hybridized carbons (Fsp3) is 0.375. The molecule has 0 saturated heterocycles. The summed E-state index contributed by atoms with van der Waals surface area (Å²) in [5, 5.41) is 11.4. The number of benzene rings is 1. The van der Waals surface area contributed by atoms with Crippen molar-refractivity contribution in [1.82, 2.24) is 5.32 Å². The molecule has 1 aromatic rings. The molecule has 1 atom stereocenters. The van der Waals surface area contributed by atoms with Crippen molar-refractivity contribution in [2.24, 2.45) is 0 Å². The molecule has 1 unspecified atom stereocenters. The Bertz CT molecular complexity index is 561. The Hall–Kier alpha value is -2.41. The van der Waals surface area contributed by atoms with Crippen LogP contribution in [0.3, 0.4) is 0 Å². The molecule has 0 heterocycles. The highest BCUT2D eigenvalue weighted by molar-refractivity contribution is 5.83. The first-order valence-electron chi connectivity index (χ1n) is 7.01. The van der Waals surface area contributed by atoms with E-state index in [2.05, 4.69) is 11.9 Å². The number of carboxylic acid groups (broad SMARTS) is 1. The van der Waals surface area contributed by atoms with Gasteiger partial charge >= 0.3 is 5.97 Å². The van der Waals surface area contributed by atoms with Crippen LogP contribution in [-0.4, -0.2) is 43.3 Å². The predicted molar refractivity (Wildman–Crippen MR) is 81.9 cm³/mol. The van der Waals surface area contributed by atoms with Gasteiger partial charge in [-0.05, 0) is 24.1 Å². The van der Waals surface area contributed by atoms with Crippen LogP contribution >= 0.6 is 0 Å². The largest absolute Gasteiger partial charge is 0.494 e. The fourth-order valence-electron chi connectivity index (χ4n) is 1.83. The summed E-state index contributed by atoms with van der Waals surface area (Å²) in [5.41, 5.74) is 0.619. The van der Waals surface area contributed by atoms with E-state index in [1.807, 2.05) is 0 Å². The van der Waals surface area contributed by atoms with Gasteiger partial charge in [0.1, 0.15) is 0 Å². The molecular weight excluding hydrogens is 305 g/mol. The van der Waals surface area contributed by atoms with Crippen LogP contribution in [0.1, 0.15) is 12.0 Å². The number of hydrogen-bond donors (Lipinski definition) is 2. The molecule has 6 nitrogen and oxygen atoms in total. The third-order valence-corrected chi connectivity index (χ3v) is 3.01. The molecule has 7 heteroatoms. The third-order valence-electron chi connectivity index (χ3n) is 3.01. The Kier molecular flexibility index (Phi) is 7.76. The molecule has 1 amide bonds. The molecule has 1 rings (SSSR count). The molecule has 0 bridgehead atoms. The minimum Gasteiger partial charge on any atom is -0.494 e. The first-order valence-corrected chi connectivity index (χ1v) is 7.01. The van der Waals surface area contributed by atoms with Gasteiger partial charge in [-0.15, -0.1) is 6.58 Å². The van der Waals surface area contributed by atoms with Gasteiger partial charge in [0.15, 0.2) is 17.6 Å². The van der Waals surface area contributed by atoms with Gasteiger partial charge < -0.3 is 19.9 Å². The molecule has 0 aromatic heterocycles. The monoisotopic (exact) mass is 325 g/mol. The molecule has 0 fully saturated rings. The van der Waals surface area contributed by atoms with E-state index in [0.29, 0.717) is 5.56 Å². The average molecular weight is 325 g/mol. The molecule has 126 valence electrons. The molecule has 0 saturated carbocycles. The van der Waals surface area contributed by atoms with E-state index in [0.717, 1.165) is 0 Å². The zero-order valence-corrected chi connectivity index (χ0v) is 12.9. The molecule has 0 aliphatic heterocycles. The normalized spacial score (nSPS) is 11.6. The number of aliphatic carboxylic acids is 1. The highest BCUT2D eigenvalue weighted by Gasteiger charge is 2.19. The molecule has 0 radical (unpaired) electrons. The van der Waals surface area contributed by atoms with Crippen molar-refractivity contribution in [3.05, 3.63) is 42.2 Å². The Morgan fingerprint density at radius 2 is 2.22 bits per heavy atom. The zero-order chi connectivity index (χ0) is 17.2. The molecule has 0 aliphatic rings. The minimum absolute atomic E-state index is 0.0387. The summed E-state index contributed by atoms with van der Waals surface area (Å²) in [6.07, 6.45) is 1.81. The number of carbonyl (C=O) groups excluding carboxylic acids is 1. The lowest BCUT2D eigenvalue weighted by Crippen LogP contribution is -2.44. The first-order chi connectivity index (χ1) is 11.0. The van der Waals surface area contributed by atoms with Crippen molar-refractivity contribution in [3.8, 4) is 5.75 Å². The van der Waals surface area contributed by atoms with Crippen molar-refractivity contribution in [3.63, 3.8) is 0 Å². The average Bonchev–Trinajstić information content (AvgIpc) is 2.52. The first kappa shape index (κ1) is 18.6. The lowest BCUT2D eigenvalue weighted by Gasteiger charge is -2.14. The summed E-state index contributed by atoms with van der Waals surface area (Å²) >= 11 is 0. The van der Waals surface area contributed by atoms with E-state index in [4.69, 9.17) is 14.6 Å². The molecule has 0 aliphatic carbocycles. The lowest BCUT2D eigenvalue weighted by molar-refractivity contribution is -0.143. The van der Waals surface area contributed by atoms with Crippen molar-refractivity contribution in [1.29, 1.82) is 0 Å². The van der Waals surface area contributed by atoms with E-state index in [-0.39, 0.29) is 31.8 Å². The number of amides is 1. The molecular formula is C16H20FNO5. The van der Waals surface area contributed by atoms with Crippen LogP contribution in [0.4, 0.5) is 4.39 Å². The highest BCUT2D eigenvalue weighted by atomic mass is 19.1. The third kappa shape index (κ3) is 6.48. The second-order valence-electron chi connectivity index (χ2n) is 4.75. The van der Waals surface area contributed by atoms with E-state index >= 15 is 0 Å². The minimum atomic E-state index is -1.18. The molecule has 2 N–H and O–H groups in total. The van der Waals surface area contributed by atoms with E-state index < -0.39 is 23.7 Å². The van der Waals surface area contributed by atoms with Crippen LogP contribution in [0.2, 0.25) is 0 Å². The number of carboxylic acids is 1. The maximum absolute atomic E-state index is 13.5. The standard InChI is InChI=1S/C16H20FNO5/c1-3-8-23-10-13(16(20)21)18-15(19)7-5-11-4-6-14(22-2)12(17)9-11/h3-4,6,9,13H,1,5,7-8,10H2,2H3,(H,18,19)(H,20,21). The van der Waals surface area contributed by atoms with Gasteiger partial charge in [0.2, 0.25) is 5.91 Å². The van der Waals surface area contributed by atoms with Gasteiger partial charge in [0.25, 0.3) is 0 Å². The summed E-state index contributed by atoms with van der Waals surface area (Å²) in [6, 6.07) is 3.28. The predicted octanol–water partition coefficient (Wildman–Crippen LogP) is 1.54. The van der Waals surface area contributed by atoms with E-state index in [9.17, 15) is 14.0 Å². The maximum atomic E-state index is 13.5. The van der Waals surface area contributed by atoms with Gasteiger partial charge in [-0.25, -0.2) is 9.18 Å². The SMILES string of the molecule is C=CCOCC(NC(=O)CCc1ccc(OC)c(F)c1)C(=O)O. The topological polar surface area (TPSA) is 84.9 Å². The number of rotatable bonds is 10. The smallest absolute Gasteiger partial charge is 0.328 e. The van der Waals surface area contributed by atoms with Crippen LogP contribution in [0.25, 0.3) is 0 Å². The second-order valence-corrected chi connectivity index (χ2v) is 4.75. The van der Waals surface area contributed by atoms with Crippen molar-refractivity contribution in [2.45, 2.75) is 18.9 Å². The number of ether oxygens (including phenoxy) is 2. The number of nitrogens with one attached hydrogen (secondary N) is 1. The molecule has 23 heavy (non-hydrogen) atoms. The van der Waals surface area contributed by atoms with Crippen LogP contribution in [-0.2, 0) is 20.7 Å². The van der Waals surface area contributed by atoms with Gasteiger partial charge in [0.05, 0.1) is 20.3 Å². The summed E-state index contributed by atoms with van der Waals surface area (Å²) in [7, 11) is 1.37. The highest BCUT2D eigenvalue weighted by Crippen LogP contribution is 2.18. The zero-order valence-electron chi connectivity index (χ0n) is 12.9. The van der Waals surface area contributed by atoms with Crippen LogP contribution in [0.5, 0.6) is 5.75 Å². The van der Waals surface area contributed by atoms with Gasteiger partial charge in [0, 0.05) is 6.42 Å². The Balaban J connectivity index is 2.49. The number of carbonyl (C=O) groups is 2. The number of hydrogen-bond acceptors (Lipinski definition) is 4. The quantitative estimate of drug-likeness (QED) is 0.503. The summed E-state index contributed by atoms with van der Waals surface area (Å²) in [6.45, 7) is 3.50. The van der Waals surface area contributed by atoms with E-state index in [1.54, 1.807) is 6.07 Å². The summed E-state index contributed by atoms with van der Waals surface area (Å²) in [5.74, 6) is -2.01. The number of aryl methyl sites for hydroxylation is 1. The molecule has 1 aromatic carbocycles. The summed E-state index contributed by atoms with van der Waals surface area (Å²) in [4.78, 5) is 22.8. The second kappa shape index (κ2) is 9.58. The van der Waals surface area contributed by atoms with Crippen molar-refractivity contribution in [2.75, 3.05) is 20.3 Å². The maximum Gasteiger partial charge on any atom is 0.328 e. The van der Waals surface area contributed by atoms with Crippen LogP contribution in [0, 0.1) is 5.82 Å². The number of methoxy groups -OCH3 is 1. The Morgan fingerprint density at radius 3 is 2.78 bits per heavy atom. The lowest BCUT2D eigenvalue weighted by atomic mass is 10.1. The van der Waals surface area contributed by atoms with Gasteiger partial charge in [-0.3, -0.25) is 4.79 Å². The summed E-state index contributed by atoms with van der Waals surface area (Å²) < 4.78 is 23.4. The van der Waals surface area contributed by atoms with Gasteiger partial charge in [-0.2, -0.15) is 0 Å². The number of halogens is 1. The van der Waals surface area contributed by atoms with Crippen molar-refractivity contribution >= 4 is 11.9 Å². The fourth-order valence-corrected chi connectivity index (χ4v) is 1.83. The van der Waals surface area contributed by atoms with Gasteiger partial charge in [-0.1, -0.05) is 12.1 Å². The molecule has 0 spiro atoms. The Labute approximate surface area is 133 Å². The Morgan fingerprint density at radius 1 is 1.48 bits per heavy atom.